The zero-order valence-electron chi connectivity index (χ0n) is 12.9. The predicted molar refractivity (Wildman–Crippen MR) is 86.3 cm³/mol. The first-order valence-corrected chi connectivity index (χ1v) is 7.99. The van der Waals surface area contributed by atoms with Crippen LogP contribution in [-0.4, -0.2) is 33.1 Å². The van der Waals surface area contributed by atoms with Gasteiger partial charge in [-0.2, -0.15) is 23.4 Å². The highest BCUT2D eigenvalue weighted by atomic mass is 32.1. The number of benzene rings is 1. The van der Waals surface area contributed by atoms with Crippen molar-refractivity contribution in [1.29, 1.82) is 0 Å². The monoisotopic (exact) mass is 370 g/mol. The van der Waals surface area contributed by atoms with Gasteiger partial charge in [0, 0.05) is 11.6 Å². The molecule has 3 N–H and O–H groups in total. The summed E-state index contributed by atoms with van der Waals surface area (Å²) in [6, 6.07) is 4.74. The van der Waals surface area contributed by atoms with Gasteiger partial charge in [0.05, 0.1) is 23.0 Å². The van der Waals surface area contributed by atoms with Gasteiger partial charge in [-0.1, -0.05) is 17.4 Å². The fraction of sp³-hybridized carbons (Fsp3) is 0.267. The third kappa shape index (κ3) is 2.98. The molecule has 0 saturated carbocycles. The molecule has 10 heteroatoms. The van der Waals surface area contributed by atoms with Crippen LogP contribution in [0.1, 0.15) is 18.2 Å². The summed E-state index contributed by atoms with van der Waals surface area (Å²) in [7, 11) is 0. The van der Waals surface area contributed by atoms with Gasteiger partial charge in [-0.3, -0.25) is 0 Å². The molecule has 3 aromatic rings. The van der Waals surface area contributed by atoms with E-state index in [-0.39, 0.29) is 17.5 Å². The molecule has 2 heterocycles. The van der Waals surface area contributed by atoms with E-state index >= 15 is 0 Å². The Balaban J connectivity index is 2.20. The number of nitrogen functional groups attached to an aromatic ring is 1. The zero-order chi connectivity index (χ0) is 18.2. The van der Waals surface area contributed by atoms with Crippen LogP contribution in [0.2, 0.25) is 0 Å². The highest BCUT2D eigenvalue weighted by molar-refractivity contribution is 7.22. The van der Waals surface area contributed by atoms with Crippen LogP contribution in [-0.2, 0) is 5.60 Å². The molecule has 132 valence electrons. The van der Waals surface area contributed by atoms with Crippen LogP contribution in [0.4, 0.5) is 18.3 Å². The van der Waals surface area contributed by atoms with Gasteiger partial charge >= 0.3 is 6.18 Å². The van der Waals surface area contributed by atoms with Crippen LogP contribution in [0.3, 0.4) is 0 Å². The summed E-state index contributed by atoms with van der Waals surface area (Å²) in [5.41, 5.74) is 1.60. The number of nitrogens with zero attached hydrogens (tertiary/aromatic N) is 3. The molecule has 0 radical (unpaired) electrons. The maximum atomic E-state index is 13.8. The van der Waals surface area contributed by atoms with Crippen molar-refractivity contribution >= 4 is 26.7 Å². The van der Waals surface area contributed by atoms with Crippen molar-refractivity contribution in [1.82, 2.24) is 15.2 Å². The van der Waals surface area contributed by atoms with E-state index in [1.807, 2.05) is 0 Å². The lowest BCUT2D eigenvalue weighted by Gasteiger charge is -2.30. The fourth-order valence-corrected chi connectivity index (χ4v) is 3.17. The van der Waals surface area contributed by atoms with Crippen LogP contribution in [0.5, 0.6) is 5.75 Å². The number of rotatable bonds is 4. The van der Waals surface area contributed by atoms with E-state index in [4.69, 9.17) is 10.5 Å². The number of fused-ring (bicyclic) bond motifs is 1. The number of halogens is 3. The lowest BCUT2D eigenvalue weighted by Crippen LogP contribution is -2.44. The lowest BCUT2D eigenvalue weighted by molar-refractivity contribution is -0.250. The summed E-state index contributed by atoms with van der Waals surface area (Å²) in [5.74, 6) is 0.0817. The third-order valence-corrected chi connectivity index (χ3v) is 4.39. The van der Waals surface area contributed by atoms with Gasteiger partial charge < -0.3 is 15.6 Å². The first-order valence-electron chi connectivity index (χ1n) is 7.17. The minimum atomic E-state index is -5.03. The maximum Gasteiger partial charge on any atom is 0.427 e. The average molecular weight is 370 g/mol. The third-order valence-electron chi connectivity index (χ3n) is 3.54. The summed E-state index contributed by atoms with van der Waals surface area (Å²) in [4.78, 5) is 4.00. The van der Waals surface area contributed by atoms with Crippen LogP contribution in [0.15, 0.2) is 30.5 Å². The number of ether oxygens (including phenoxy) is 1. The smallest absolute Gasteiger partial charge is 0.427 e. The maximum absolute atomic E-state index is 13.8. The molecule has 0 bridgehead atoms. The Labute approximate surface area is 144 Å². The molecule has 0 spiro atoms. The van der Waals surface area contributed by atoms with Gasteiger partial charge in [-0.15, -0.1) is 0 Å². The molecule has 0 fully saturated rings. The summed E-state index contributed by atoms with van der Waals surface area (Å²) in [6.45, 7) is 1.92. The van der Waals surface area contributed by atoms with Crippen molar-refractivity contribution < 1.29 is 23.0 Å². The van der Waals surface area contributed by atoms with Crippen LogP contribution in [0.25, 0.3) is 10.2 Å². The Morgan fingerprint density at radius 2 is 2.04 bits per heavy atom. The molecule has 0 saturated heterocycles. The average Bonchev–Trinajstić information content (AvgIpc) is 2.92. The van der Waals surface area contributed by atoms with Crippen molar-refractivity contribution in [2.24, 2.45) is 0 Å². The van der Waals surface area contributed by atoms with Crippen molar-refractivity contribution in [3.8, 4) is 5.75 Å². The Morgan fingerprint density at radius 3 is 2.72 bits per heavy atom. The minimum absolute atomic E-state index is 0.0817. The number of anilines is 1. The standard InChI is InChI=1S/C15H13F3N4O2S/c1-2-24-9-6-12(22-20-7-9)14(23,15(16,17)18)8-3-4-10-11(5-8)25-13(19)21-10/h3-7,23H,2H2,1H3,(H2,19,21). The summed E-state index contributed by atoms with van der Waals surface area (Å²) < 4.78 is 47.0. The molecule has 1 aromatic carbocycles. The first-order chi connectivity index (χ1) is 11.8. The molecule has 6 nitrogen and oxygen atoms in total. The highest BCUT2D eigenvalue weighted by Crippen LogP contribution is 2.45. The lowest BCUT2D eigenvalue weighted by atomic mass is 9.89. The van der Waals surface area contributed by atoms with Crippen LogP contribution in [0, 0.1) is 0 Å². The summed E-state index contributed by atoms with van der Waals surface area (Å²) >= 11 is 1.03. The van der Waals surface area contributed by atoms with Crippen molar-refractivity contribution in [2.75, 3.05) is 12.3 Å². The summed E-state index contributed by atoms with van der Waals surface area (Å²) in [6.07, 6.45) is -3.85. The first kappa shape index (κ1) is 17.4. The quantitative estimate of drug-likeness (QED) is 0.733. The zero-order valence-corrected chi connectivity index (χ0v) is 13.7. The van der Waals surface area contributed by atoms with E-state index in [9.17, 15) is 18.3 Å². The second kappa shape index (κ2) is 6.12. The minimum Gasteiger partial charge on any atom is -0.492 e. The molecular weight excluding hydrogens is 357 g/mol. The Bertz CT molecular complexity index is 915. The van der Waals surface area contributed by atoms with E-state index < -0.39 is 23.0 Å². The largest absolute Gasteiger partial charge is 0.492 e. The molecular formula is C15H13F3N4O2S. The second-order valence-electron chi connectivity index (χ2n) is 5.15. The van der Waals surface area contributed by atoms with E-state index in [0.717, 1.165) is 23.5 Å². The molecule has 0 aliphatic heterocycles. The highest BCUT2D eigenvalue weighted by Gasteiger charge is 2.58. The Kier molecular flexibility index (Phi) is 4.25. The molecule has 25 heavy (non-hydrogen) atoms. The van der Waals surface area contributed by atoms with Gasteiger partial charge in [0.25, 0.3) is 0 Å². The van der Waals surface area contributed by atoms with Gasteiger partial charge in [0.1, 0.15) is 11.4 Å². The van der Waals surface area contributed by atoms with E-state index in [2.05, 4.69) is 15.2 Å². The molecule has 0 aliphatic carbocycles. The molecule has 1 atom stereocenters. The van der Waals surface area contributed by atoms with Crippen molar-refractivity contribution in [2.45, 2.75) is 18.7 Å². The van der Waals surface area contributed by atoms with E-state index in [1.54, 1.807) is 6.92 Å². The molecule has 0 amide bonds. The van der Waals surface area contributed by atoms with Crippen LogP contribution < -0.4 is 10.5 Å². The van der Waals surface area contributed by atoms with Gasteiger partial charge in [0.15, 0.2) is 5.13 Å². The van der Waals surface area contributed by atoms with Gasteiger partial charge in [0.2, 0.25) is 5.60 Å². The number of thiazole rings is 1. The number of aliphatic hydroxyl groups is 1. The SMILES string of the molecule is CCOc1cnnc(C(O)(c2ccc3nc(N)sc3c2)C(F)(F)F)c1. The normalized spacial score (nSPS) is 14.4. The predicted octanol–water partition coefficient (Wildman–Crippen LogP) is 2.87. The molecule has 1 unspecified atom stereocenters. The second-order valence-corrected chi connectivity index (χ2v) is 6.21. The fourth-order valence-electron chi connectivity index (χ4n) is 2.40. The topological polar surface area (TPSA) is 94.2 Å². The molecule has 3 rings (SSSR count). The van der Waals surface area contributed by atoms with Gasteiger partial charge in [-0.25, -0.2) is 4.98 Å². The number of alkyl halides is 3. The molecule has 2 aromatic heterocycles. The van der Waals surface area contributed by atoms with Gasteiger partial charge in [-0.05, 0) is 19.1 Å². The van der Waals surface area contributed by atoms with E-state index in [1.165, 1.54) is 18.3 Å². The molecule has 0 aliphatic rings. The number of hydrogen-bond donors (Lipinski definition) is 2. The van der Waals surface area contributed by atoms with Crippen molar-refractivity contribution in [3.05, 3.63) is 41.7 Å². The Hall–Kier alpha value is -2.46. The van der Waals surface area contributed by atoms with Crippen molar-refractivity contribution in [3.63, 3.8) is 0 Å². The Morgan fingerprint density at radius 1 is 1.28 bits per heavy atom. The van der Waals surface area contributed by atoms with Crippen LogP contribution >= 0.6 is 11.3 Å². The summed E-state index contributed by atoms with van der Waals surface area (Å²) in [5, 5.41) is 17.8. The van der Waals surface area contributed by atoms with E-state index in [0.29, 0.717) is 10.2 Å². The number of aromatic nitrogens is 3. The number of hydrogen-bond acceptors (Lipinski definition) is 7. The number of nitrogens with two attached hydrogens (primary N) is 1.